The van der Waals surface area contributed by atoms with Gasteiger partial charge in [0.2, 0.25) is 0 Å². The van der Waals surface area contributed by atoms with Crippen LogP contribution in [-0.2, 0) is 24.4 Å². The summed E-state index contributed by atoms with van der Waals surface area (Å²) >= 11 is 0. The topological polar surface area (TPSA) is 60.2 Å². The first kappa shape index (κ1) is 17.2. The first-order valence-electron chi connectivity index (χ1n) is 8.80. The number of esters is 1. The van der Waals surface area contributed by atoms with Crippen LogP contribution in [0.3, 0.4) is 0 Å². The molecule has 1 aliphatic rings. The predicted molar refractivity (Wildman–Crippen MR) is 97.8 cm³/mol. The summed E-state index contributed by atoms with van der Waals surface area (Å²) in [6.07, 6.45) is 3.51. The Kier molecular flexibility index (Phi) is 4.58. The van der Waals surface area contributed by atoms with Crippen molar-refractivity contribution in [3.8, 4) is 0 Å². The Hall–Kier alpha value is -3.22. The number of carbonyl (C=O) groups excluding carboxylic acids is 1. The number of aromatic nitrogens is 3. The quantitative estimate of drug-likeness (QED) is 0.649. The molecule has 0 unspecified atom stereocenters. The van der Waals surface area contributed by atoms with Gasteiger partial charge < -0.3 is 9.64 Å². The van der Waals surface area contributed by atoms with Crippen molar-refractivity contribution in [1.82, 2.24) is 14.8 Å². The van der Waals surface area contributed by atoms with E-state index in [9.17, 15) is 9.18 Å². The number of benzene rings is 1. The summed E-state index contributed by atoms with van der Waals surface area (Å²) in [5, 5.41) is 4.45. The lowest BCUT2D eigenvalue weighted by Crippen LogP contribution is -2.21. The molecule has 1 aromatic carbocycles. The van der Waals surface area contributed by atoms with E-state index in [1.807, 2.05) is 15.8 Å². The van der Waals surface area contributed by atoms with E-state index < -0.39 is 0 Å². The summed E-state index contributed by atoms with van der Waals surface area (Å²) in [5.74, 6) is -0.0118. The highest BCUT2D eigenvalue weighted by Crippen LogP contribution is 2.29. The van der Waals surface area contributed by atoms with Crippen molar-refractivity contribution in [2.24, 2.45) is 0 Å². The summed E-state index contributed by atoms with van der Waals surface area (Å²) in [4.78, 5) is 18.7. The summed E-state index contributed by atoms with van der Waals surface area (Å²) in [6, 6.07) is 9.88. The van der Waals surface area contributed by atoms with Crippen LogP contribution in [0.15, 0.2) is 48.8 Å². The maximum Gasteiger partial charge on any atom is 0.341 e. The molecule has 1 aliphatic heterocycles. The van der Waals surface area contributed by atoms with Gasteiger partial charge in [-0.25, -0.2) is 14.2 Å². The lowest BCUT2D eigenvalue weighted by molar-refractivity contribution is 0.0526. The molecule has 4 rings (SSSR count). The fraction of sp³-hybridized carbons (Fsp3) is 0.250. The Morgan fingerprint density at radius 1 is 1.22 bits per heavy atom. The number of pyridine rings is 1. The monoisotopic (exact) mass is 366 g/mol. The fourth-order valence-electron chi connectivity index (χ4n) is 3.27. The van der Waals surface area contributed by atoms with Gasteiger partial charge in [0, 0.05) is 18.3 Å². The number of hydrogen-bond donors (Lipinski definition) is 0. The highest BCUT2D eigenvalue weighted by molar-refractivity contribution is 5.94. The van der Waals surface area contributed by atoms with Crippen LogP contribution < -0.4 is 4.90 Å². The molecule has 0 saturated heterocycles. The minimum absolute atomic E-state index is 0.253. The molecule has 27 heavy (non-hydrogen) atoms. The zero-order valence-corrected chi connectivity index (χ0v) is 14.9. The molecule has 0 N–H and O–H groups in total. The molecule has 0 radical (unpaired) electrons. The average molecular weight is 366 g/mol. The minimum Gasteiger partial charge on any atom is -0.462 e. The smallest absolute Gasteiger partial charge is 0.341 e. The molecule has 3 heterocycles. The maximum absolute atomic E-state index is 13.1. The van der Waals surface area contributed by atoms with Crippen molar-refractivity contribution < 1.29 is 13.9 Å². The van der Waals surface area contributed by atoms with E-state index in [4.69, 9.17) is 4.74 Å². The summed E-state index contributed by atoms with van der Waals surface area (Å²) in [5.41, 5.74) is 3.60. The van der Waals surface area contributed by atoms with Gasteiger partial charge in [-0.1, -0.05) is 12.1 Å². The third kappa shape index (κ3) is 3.40. The largest absolute Gasteiger partial charge is 0.462 e. The minimum atomic E-state index is -0.371. The molecular weight excluding hydrogens is 347 g/mol. The van der Waals surface area contributed by atoms with Crippen LogP contribution in [-0.4, -0.2) is 27.3 Å². The molecule has 0 amide bonds. The lowest BCUT2D eigenvalue weighted by Gasteiger charge is -2.19. The number of rotatable bonds is 5. The summed E-state index contributed by atoms with van der Waals surface area (Å²) in [7, 11) is 0. The van der Waals surface area contributed by atoms with Gasteiger partial charge in [-0.15, -0.1) is 0 Å². The molecular formula is C20H19FN4O2. The van der Waals surface area contributed by atoms with Crippen LogP contribution in [0.1, 0.15) is 34.1 Å². The Morgan fingerprint density at radius 3 is 2.81 bits per heavy atom. The van der Waals surface area contributed by atoms with Crippen LogP contribution in [0.4, 0.5) is 10.2 Å². The Labute approximate surface area is 156 Å². The molecule has 2 aromatic heterocycles. The number of carbonyl (C=O) groups is 1. The Bertz CT molecular complexity index is 968. The highest BCUT2D eigenvalue weighted by atomic mass is 19.1. The van der Waals surface area contributed by atoms with Gasteiger partial charge >= 0.3 is 5.97 Å². The highest BCUT2D eigenvalue weighted by Gasteiger charge is 2.28. The number of nitrogens with zero attached hydrogens (tertiary/aromatic N) is 4. The third-order valence-corrected chi connectivity index (χ3v) is 4.56. The van der Waals surface area contributed by atoms with Crippen molar-refractivity contribution in [2.75, 3.05) is 11.5 Å². The Morgan fingerprint density at radius 2 is 2.04 bits per heavy atom. The molecule has 138 valence electrons. The van der Waals surface area contributed by atoms with Crippen LogP contribution in [0, 0.1) is 5.82 Å². The van der Waals surface area contributed by atoms with Gasteiger partial charge in [-0.3, -0.25) is 4.68 Å². The molecule has 0 bridgehead atoms. The summed E-state index contributed by atoms with van der Waals surface area (Å²) < 4.78 is 20.2. The van der Waals surface area contributed by atoms with Gasteiger partial charge in [0.15, 0.2) is 0 Å². The van der Waals surface area contributed by atoms with Crippen LogP contribution >= 0.6 is 0 Å². The second-order valence-corrected chi connectivity index (χ2v) is 6.35. The number of anilines is 1. The molecule has 3 aromatic rings. The first-order chi connectivity index (χ1) is 13.2. The number of fused-ring (bicyclic) bond motifs is 1. The fourth-order valence-corrected chi connectivity index (χ4v) is 3.27. The second-order valence-electron chi connectivity index (χ2n) is 6.35. The molecule has 0 aliphatic carbocycles. The molecule has 0 fully saturated rings. The van der Waals surface area contributed by atoms with Gasteiger partial charge in [-0.2, -0.15) is 5.10 Å². The van der Waals surface area contributed by atoms with E-state index in [0.717, 1.165) is 16.8 Å². The molecule has 0 spiro atoms. The standard InChI is InChI=1S/C20H19FN4O2/c1-2-27-20(26)17-4-3-9-22-19(17)24-12-15-10-23-25(18(15)13-24)11-14-5-7-16(21)8-6-14/h3-10H,2,11-13H2,1H3. The first-order valence-corrected chi connectivity index (χ1v) is 8.80. The van der Waals surface area contributed by atoms with Gasteiger partial charge in [0.25, 0.3) is 0 Å². The van der Waals surface area contributed by atoms with Crippen molar-refractivity contribution >= 4 is 11.8 Å². The van der Waals surface area contributed by atoms with Gasteiger partial charge in [0.05, 0.1) is 31.6 Å². The predicted octanol–water partition coefficient (Wildman–Crippen LogP) is 3.16. The molecule has 0 saturated carbocycles. The number of hydrogen-bond acceptors (Lipinski definition) is 5. The summed E-state index contributed by atoms with van der Waals surface area (Å²) in [6.45, 7) is 3.89. The molecule has 0 atom stereocenters. The zero-order valence-electron chi connectivity index (χ0n) is 14.9. The van der Waals surface area contributed by atoms with Crippen molar-refractivity contribution in [3.63, 3.8) is 0 Å². The molecule has 7 heteroatoms. The average Bonchev–Trinajstić information content (AvgIpc) is 3.26. The number of ether oxygens (including phenoxy) is 1. The van der Waals surface area contributed by atoms with Gasteiger partial charge in [-0.05, 0) is 36.8 Å². The van der Waals surface area contributed by atoms with E-state index in [0.29, 0.717) is 37.6 Å². The normalized spacial score (nSPS) is 12.9. The lowest BCUT2D eigenvalue weighted by atomic mass is 10.2. The van der Waals surface area contributed by atoms with E-state index in [1.165, 1.54) is 12.1 Å². The zero-order chi connectivity index (χ0) is 18.8. The van der Waals surface area contributed by atoms with Crippen LogP contribution in [0.2, 0.25) is 0 Å². The van der Waals surface area contributed by atoms with E-state index in [1.54, 1.807) is 37.4 Å². The second kappa shape index (κ2) is 7.19. The molecule has 6 nitrogen and oxygen atoms in total. The van der Waals surface area contributed by atoms with E-state index >= 15 is 0 Å². The third-order valence-electron chi connectivity index (χ3n) is 4.56. The maximum atomic E-state index is 13.1. The Balaban J connectivity index is 1.56. The van der Waals surface area contributed by atoms with E-state index in [2.05, 4.69) is 10.1 Å². The van der Waals surface area contributed by atoms with Crippen molar-refractivity contribution in [1.29, 1.82) is 0 Å². The SMILES string of the molecule is CCOC(=O)c1cccnc1N1Cc2cnn(Cc3ccc(F)cc3)c2C1. The van der Waals surface area contributed by atoms with Crippen molar-refractivity contribution in [3.05, 3.63) is 77.0 Å². The van der Waals surface area contributed by atoms with E-state index in [-0.39, 0.29) is 11.8 Å². The van der Waals surface area contributed by atoms with Crippen molar-refractivity contribution in [2.45, 2.75) is 26.6 Å². The van der Waals surface area contributed by atoms with Crippen LogP contribution in [0.25, 0.3) is 0 Å². The van der Waals surface area contributed by atoms with Crippen LogP contribution in [0.5, 0.6) is 0 Å². The van der Waals surface area contributed by atoms with Gasteiger partial charge in [0.1, 0.15) is 17.2 Å². The number of halogens is 1.